The molecule has 172 valence electrons. The summed E-state index contributed by atoms with van der Waals surface area (Å²) in [6.45, 7) is 9.24. The molecule has 0 amide bonds. The van der Waals surface area contributed by atoms with E-state index >= 15 is 0 Å². The number of para-hydroxylation sites is 1. The molecule has 1 unspecified atom stereocenters. The third-order valence-electron chi connectivity index (χ3n) is 6.24. The predicted molar refractivity (Wildman–Crippen MR) is 131 cm³/mol. The molecule has 0 fully saturated rings. The van der Waals surface area contributed by atoms with Gasteiger partial charge in [-0.05, 0) is 59.7 Å². The maximum atomic E-state index is 13.2. The monoisotopic (exact) mass is 444 g/mol. The van der Waals surface area contributed by atoms with E-state index in [1.807, 2.05) is 27.3 Å². The van der Waals surface area contributed by atoms with Crippen molar-refractivity contribution >= 4 is 0 Å². The highest BCUT2D eigenvalue weighted by Crippen LogP contribution is 2.26. The van der Waals surface area contributed by atoms with Gasteiger partial charge in [-0.1, -0.05) is 63.2 Å². The second kappa shape index (κ2) is 9.98. The zero-order valence-corrected chi connectivity index (χ0v) is 19.8. The van der Waals surface area contributed by atoms with Crippen molar-refractivity contribution < 1.29 is 0 Å². The first kappa shape index (κ1) is 22.7. The first-order valence-corrected chi connectivity index (χ1v) is 11.7. The minimum atomic E-state index is 0.0798. The highest BCUT2D eigenvalue weighted by atomic mass is 16.1. The minimum absolute atomic E-state index is 0.0798. The third-order valence-corrected chi connectivity index (χ3v) is 6.24. The number of aromatic nitrogens is 6. The van der Waals surface area contributed by atoms with Gasteiger partial charge < -0.3 is 0 Å². The molecule has 0 saturated carbocycles. The molecule has 0 aliphatic carbocycles. The topological polar surface area (TPSA) is 70.5 Å². The summed E-state index contributed by atoms with van der Waals surface area (Å²) in [7, 11) is 0. The molecule has 0 radical (unpaired) electrons. The van der Waals surface area contributed by atoms with Crippen LogP contribution in [0.25, 0.3) is 16.8 Å². The lowest BCUT2D eigenvalue weighted by Gasteiger charge is -2.11. The summed E-state index contributed by atoms with van der Waals surface area (Å²) in [5.41, 5.74) is 5.35. The maximum absolute atomic E-state index is 13.2. The number of nitrogens with zero attached hydrogens (tertiary/aromatic N) is 6. The highest BCUT2D eigenvalue weighted by molar-refractivity contribution is 5.72. The average Bonchev–Trinajstić information content (AvgIpc) is 3.47. The Hall–Kier alpha value is -3.48. The Labute approximate surface area is 194 Å². The summed E-state index contributed by atoms with van der Waals surface area (Å²) in [6, 6.07) is 16.6. The lowest BCUT2D eigenvalue weighted by atomic mass is 10.0. The lowest BCUT2D eigenvalue weighted by Crippen LogP contribution is -2.27. The molecule has 0 aliphatic heterocycles. The zero-order chi connectivity index (χ0) is 23.4. The smallest absolute Gasteiger partial charge is 0.296 e. The highest BCUT2D eigenvalue weighted by Gasteiger charge is 2.16. The number of aryl methyl sites for hydroxylation is 1. The molecule has 4 aromatic rings. The largest absolute Gasteiger partial charge is 0.328 e. The Balaban J connectivity index is 1.63. The normalized spacial score (nSPS) is 12.4. The third kappa shape index (κ3) is 4.97. The van der Waals surface area contributed by atoms with Gasteiger partial charge in [-0.2, -0.15) is 4.68 Å². The second-order valence-corrected chi connectivity index (χ2v) is 9.05. The van der Waals surface area contributed by atoms with E-state index in [0.29, 0.717) is 12.5 Å². The molecule has 7 heteroatoms. The van der Waals surface area contributed by atoms with Gasteiger partial charge in [-0.15, -0.1) is 5.10 Å². The fourth-order valence-corrected chi connectivity index (χ4v) is 4.03. The van der Waals surface area contributed by atoms with E-state index in [0.717, 1.165) is 47.3 Å². The summed E-state index contributed by atoms with van der Waals surface area (Å²) in [5.74, 6) is 0.597. The van der Waals surface area contributed by atoms with E-state index in [-0.39, 0.29) is 11.7 Å². The number of hydrogen-bond acceptors (Lipinski definition) is 4. The van der Waals surface area contributed by atoms with Gasteiger partial charge in [0.1, 0.15) is 6.33 Å². The summed E-state index contributed by atoms with van der Waals surface area (Å²) in [5, 5.41) is 11.5. The van der Waals surface area contributed by atoms with Crippen molar-refractivity contribution in [2.45, 2.75) is 59.5 Å². The van der Waals surface area contributed by atoms with Crippen LogP contribution in [0.3, 0.4) is 0 Å². The molecule has 0 spiro atoms. The molecule has 2 aromatic carbocycles. The Morgan fingerprint density at radius 2 is 1.76 bits per heavy atom. The van der Waals surface area contributed by atoms with Crippen LogP contribution in [-0.4, -0.2) is 29.3 Å². The Bertz CT molecular complexity index is 1230. The van der Waals surface area contributed by atoms with E-state index in [4.69, 9.17) is 0 Å². The average molecular weight is 445 g/mol. The fourth-order valence-electron chi connectivity index (χ4n) is 4.03. The van der Waals surface area contributed by atoms with E-state index in [1.54, 1.807) is 11.0 Å². The van der Waals surface area contributed by atoms with E-state index < -0.39 is 0 Å². The Morgan fingerprint density at radius 1 is 1.00 bits per heavy atom. The van der Waals surface area contributed by atoms with Crippen LogP contribution in [0.1, 0.15) is 57.8 Å². The lowest BCUT2D eigenvalue weighted by molar-refractivity contribution is 0.504. The molecule has 0 saturated heterocycles. The molecule has 2 heterocycles. The number of tetrazole rings is 1. The van der Waals surface area contributed by atoms with Crippen molar-refractivity contribution in [2.75, 3.05) is 0 Å². The van der Waals surface area contributed by atoms with Crippen LogP contribution >= 0.6 is 0 Å². The quantitative estimate of drug-likeness (QED) is 0.368. The van der Waals surface area contributed by atoms with Crippen LogP contribution in [0.2, 0.25) is 0 Å². The molecule has 1 atom stereocenters. The molecule has 0 aliphatic rings. The number of imidazole rings is 1. The first-order chi connectivity index (χ1) is 16.0. The van der Waals surface area contributed by atoms with Gasteiger partial charge in [0.05, 0.1) is 12.2 Å². The van der Waals surface area contributed by atoms with E-state index in [2.05, 4.69) is 79.7 Å². The van der Waals surface area contributed by atoms with Gasteiger partial charge >= 0.3 is 5.69 Å². The van der Waals surface area contributed by atoms with Crippen LogP contribution in [0.15, 0.2) is 65.8 Å². The van der Waals surface area contributed by atoms with Gasteiger partial charge in [-0.25, -0.2) is 4.79 Å². The van der Waals surface area contributed by atoms with Gasteiger partial charge in [-0.3, -0.25) is 9.13 Å². The molecule has 0 bridgehead atoms. The molecule has 0 N–H and O–H groups in total. The molecule has 4 rings (SSSR count). The van der Waals surface area contributed by atoms with E-state index in [1.165, 1.54) is 0 Å². The van der Waals surface area contributed by atoms with Crippen LogP contribution in [-0.2, 0) is 13.0 Å². The van der Waals surface area contributed by atoms with Crippen molar-refractivity contribution in [3.63, 3.8) is 0 Å². The first-order valence-electron chi connectivity index (χ1n) is 11.7. The predicted octanol–water partition coefficient (Wildman–Crippen LogP) is 4.90. The standard InChI is InChI=1S/C26H32N6O/c1-5-20(4)30-17-23(15-10-19(2)3)31(26(30)33)16-21-11-13-22(14-12-21)24-8-6-7-9-25(24)32-18-27-28-29-32/h6-9,11-14,17-20H,5,10,15-16H2,1-4H3. The van der Waals surface area contributed by atoms with Gasteiger partial charge in [0.25, 0.3) is 0 Å². The Morgan fingerprint density at radius 3 is 2.42 bits per heavy atom. The number of hydrogen-bond donors (Lipinski definition) is 0. The molecular weight excluding hydrogens is 412 g/mol. The van der Waals surface area contributed by atoms with Crippen LogP contribution in [0.5, 0.6) is 0 Å². The van der Waals surface area contributed by atoms with Crippen molar-refractivity contribution in [1.29, 1.82) is 0 Å². The molecule has 33 heavy (non-hydrogen) atoms. The van der Waals surface area contributed by atoms with E-state index in [9.17, 15) is 4.79 Å². The number of rotatable bonds is 9. The number of benzene rings is 2. The zero-order valence-electron chi connectivity index (χ0n) is 19.8. The summed E-state index contributed by atoms with van der Waals surface area (Å²) in [6.07, 6.45) is 6.57. The van der Waals surface area contributed by atoms with Crippen LogP contribution < -0.4 is 5.69 Å². The van der Waals surface area contributed by atoms with Crippen molar-refractivity contribution in [3.8, 4) is 16.8 Å². The summed E-state index contributed by atoms with van der Waals surface area (Å²) in [4.78, 5) is 13.2. The van der Waals surface area contributed by atoms with Gasteiger partial charge in [0.2, 0.25) is 0 Å². The van der Waals surface area contributed by atoms with Crippen molar-refractivity contribution in [1.82, 2.24) is 29.3 Å². The van der Waals surface area contributed by atoms with Gasteiger partial charge in [0, 0.05) is 23.5 Å². The van der Waals surface area contributed by atoms with Gasteiger partial charge in [0.15, 0.2) is 0 Å². The summed E-state index contributed by atoms with van der Waals surface area (Å²) >= 11 is 0. The van der Waals surface area contributed by atoms with Crippen LogP contribution in [0.4, 0.5) is 0 Å². The molecule has 7 nitrogen and oxygen atoms in total. The maximum Gasteiger partial charge on any atom is 0.328 e. The molecular formula is C26H32N6O. The fraction of sp³-hybridized carbons (Fsp3) is 0.385. The van der Waals surface area contributed by atoms with Crippen LogP contribution in [0, 0.1) is 5.92 Å². The summed E-state index contributed by atoms with van der Waals surface area (Å²) < 4.78 is 5.51. The Kier molecular flexibility index (Phi) is 6.87. The SMILES string of the molecule is CCC(C)n1cc(CCC(C)C)n(Cc2ccc(-c3ccccc3-n3cnnn3)cc2)c1=O. The van der Waals surface area contributed by atoms with Crippen molar-refractivity contribution in [3.05, 3.63) is 82.8 Å². The minimum Gasteiger partial charge on any atom is -0.296 e. The molecule has 2 aromatic heterocycles. The second-order valence-electron chi connectivity index (χ2n) is 9.05. The van der Waals surface area contributed by atoms with Crippen molar-refractivity contribution in [2.24, 2.45) is 5.92 Å².